The zero-order valence-corrected chi connectivity index (χ0v) is 14.5. The Morgan fingerprint density at radius 1 is 1.12 bits per heavy atom. The third kappa shape index (κ3) is 3.83. The lowest BCUT2D eigenvalue weighted by Gasteiger charge is -2.32. The van der Waals surface area contributed by atoms with Gasteiger partial charge in [-0.05, 0) is 49.9 Å². The number of piperazine rings is 1. The molecule has 0 radical (unpaired) electrons. The number of carbonyl (C=O) groups excluding carboxylic acids is 1. The lowest BCUT2D eigenvalue weighted by Crippen LogP contribution is -2.47. The fourth-order valence-electron chi connectivity index (χ4n) is 2.59. The Labute approximate surface area is 146 Å². The number of aromatic nitrogens is 2. The summed E-state index contributed by atoms with van der Waals surface area (Å²) >= 11 is 5.96. The summed E-state index contributed by atoms with van der Waals surface area (Å²) in [6.07, 6.45) is 0. The largest absolute Gasteiger partial charge is 0.339 e. The van der Waals surface area contributed by atoms with Gasteiger partial charge >= 0.3 is 0 Å². The maximum absolute atomic E-state index is 12.4. The van der Waals surface area contributed by atoms with Crippen LogP contribution in [0.25, 0.3) is 0 Å². The minimum Gasteiger partial charge on any atom is -0.339 e. The number of likely N-dealkylation sites (N-methyl/N-ethyl adjacent to an activating group) is 1. The SMILES string of the molecule is Cc1cc(Cl)ccc1Nc1ccc(C(=O)N2CCN(C)CC2)nn1. The van der Waals surface area contributed by atoms with Crippen LogP contribution < -0.4 is 5.32 Å². The van der Waals surface area contributed by atoms with Crippen LogP contribution in [0.5, 0.6) is 0 Å². The number of hydrogen-bond donors (Lipinski definition) is 1. The van der Waals surface area contributed by atoms with E-state index in [1.165, 1.54) is 0 Å². The average Bonchev–Trinajstić information content (AvgIpc) is 2.58. The van der Waals surface area contributed by atoms with Crippen LogP contribution >= 0.6 is 11.6 Å². The van der Waals surface area contributed by atoms with Crippen LogP contribution in [0.1, 0.15) is 16.1 Å². The molecule has 0 spiro atoms. The van der Waals surface area contributed by atoms with Gasteiger partial charge in [-0.1, -0.05) is 11.6 Å². The molecule has 3 rings (SSSR count). The second-order valence-corrected chi connectivity index (χ2v) is 6.42. The van der Waals surface area contributed by atoms with Crippen molar-refractivity contribution in [2.75, 3.05) is 38.5 Å². The van der Waals surface area contributed by atoms with Gasteiger partial charge in [0.2, 0.25) is 0 Å². The summed E-state index contributed by atoms with van der Waals surface area (Å²) in [6.45, 7) is 5.18. The summed E-state index contributed by atoms with van der Waals surface area (Å²) < 4.78 is 0. The van der Waals surface area contributed by atoms with Crippen LogP contribution in [0.15, 0.2) is 30.3 Å². The molecule has 1 fully saturated rings. The lowest BCUT2D eigenvalue weighted by atomic mass is 10.2. The monoisotopic (exact) mass is 345 g/mol. The van der Waals surface area contributed by atoms with Crippen molar-refractivity contribution in [2.24, 2.45) is 0 Å². The van der Waals surface area contributed by atoms with Crippen LogP contribution in [0.3, 0.4) is 0 Å². The number of carbonyl (C=O) groups is 1. The fourth-order valence-corrected chi connectivity index (χ4v) is 2.82. The molecular weight excluding hydrogens is 326 g/mol. The first-order valence-electron chi connectivity index (χ1n) is 7.87. The number of benzene rings is 1. The molecule has 2 aromatic rings. The summed E-state index contributed by atoms with van der Waals surface area (Å²) in [5.74, 6) is 0.528. The molecule has 0 aliphatic carbocycles. The van der Waals surface area contributed by atoms with Crippen LogP contribution in [0.2, 0.25) is 5.02 Å². The standard InChI is InChI=1S/C17H20ClN5O/c1-12-11-13(18)3-4-14(12)19-16-6-5-15(20-21-16)17(24)23-9-7-22(2)8-10-23/h3-6,11H,7-10H2,1-2H3,(H,19,21). The van der Waals surface area contributed by atoms with Gasteiger partial charge < -0.3 is 15.1 Å². The second kappa shape index (κ2) is 7.15. The summed E-state index contributed by atoms with van der Waals surface area (Å²) in [7, 11) is 2.06. The molecule has 1 N–H and O–H groups in total. The summed E-state index contributed by atoms with van der Waals surface area (Å²) in [4.78, 5) is 16.5. The first-order valence-corrected chi connectivity index (χ1v) is 8.25. The summed E-state index contributed by atoms with van der Waals surface area (Å²) in [5, 5.41) is 12.1. The molecular formula is C17H20ClN5O. The maximum atomic E-state index is 12.4. The fraction of sp³-hybridized carbons (Fsp3) is 0.353. The Kier molecular flexibility index (Phi) is 4.97. The van der Waals surface area contributed by atoms with E-state index in [1.54, 1.807) is 12.1 Å². The van der Waals surface area contributed by atoms with Gasteiger partial charge in [-0.15, -0.1) is 10.2 Å². The predicted octanol–water partition coefficient (Wildman–Crippen LogP) is 2.57. The minimum absolute atomic E-state index is 0.0650. The van der Waals surface area contributed by atoms with Crippen LogP contribution in [0, 0.1) is 6.92 Å². The van der Waals surface area contributed by atoms with E-state index < -0.39 is 0 Å². The van der Waals surface area contributed by atoms with E-state index in [4.69, 9.17) is 11.6 Å². The zero-order valence-electron chi connectivity index (χ0n) is 13.8. The Bertz CT molecular complexity index is 726. The average molecular weight is 346 g/mol. The van der Waals surface area contributed by atoms with Crippen LogP contribution in [-0.2, 0) is 0 Å². The van der Waals surface area contributed by atoms with Gasteiger partial charge in [0.1, 0.15) is 0 Å². The van der Waals surface area contributed by atoms with Gasteiger partial charge in [-0.25, -0.2) is 0 Å². The molecule has 0 bridgehead atoms. The van der Waals surface area contributed by atoms with Crippen LogP contribution in [-0.4, -0.2) is 59.1 Å². The molecule has 24 heavy (non-hydrogen) atoms. The number of anilines is 2. The third-order valence-corrected chi connectivity index (χ3v) is 4.36. The number of hydrogen-bond acceptors (Lipinski definition) is 5. The number of nitrogens with zero attached hydrogens (tertiary/aromatic N) is 4. The van der Waals surface area contributed by atoms with Gasteiger partial charge in [-0.3, -0.25) is 4.79 Å². The summed E-state index contributed by atoms with van der Waals surface area (Å²) in [5.41, 5.74) is 2.30. The molecule has 0 saturated carbocycles. The minimum atomic E-state index is -0.0650. The van der Waals surface area contributed by atoms with E-state index in [0.29, 0.717) is 16.5 Å². The predicted molar refractivity (Wildman–Crippen MR) is 94.9 cm³/mol. The first-order chi connectivity index (χ1) is 11.5. The molecule has 1 aliphatic heterocycles. The first kappa shape index (κ1) is 16.7. The Morgan fingerprint density at radius 2 is 1.88 bits per heavy atom. The molecule has 1 aromatic carbocycles. The topological polar surface area (TPSA) is 61.4 Å². The van der Waals surface area contributed by atoms with Crippen molar-refractivity contribution in [1.82, 2.24) is 20.0 Å². The van der Waals surface area contributed by atoms with E-state index in [-0.39, 0.29) is 5.91 Å². The van der Waals surface area contributed by atoms with E-state index in [2.05, 4.69) is 27.5 Å². The molecule has 7 heteroatoms. The lowest BCUT2D eigenvalue weighted by molar-refractivity contribution is 0.0657. The smallest absolute Gasteiger partial charge is 0.274 e. The molecule has 0 unspecified atom stereocenters. The van der Waals surface area contributed by atoms with Crippen molar-refractivity contribution in [3.63, 3.8) is 0 Å². The van der Waals surface area contributed by atoms with E-state index in [1.807, 2.05) is 30.0 Å². The van der Waals surface area contributed by atoms with Crippen molar-refractivity contribution >= 4 is 29.0 Å². The highest BCUT2D eigenvalue weighted by Crippen LogP contribution is 2.22. The molecule has 6 nitrogen and oxygen atoms in total. The van der Waals surface area contributed by atoms with Gasteiger partial charge in [-0.2, -0.15) is 0 Å². The van der Waals surface area contributed by atoms with Gasteiger partial charge in [0.15, 0.2) is 11.5 Å². The third-order valence-electron chi connectivity index (χ3n) is 4.13. The van der Waals surface area contributed by atoms with Crippen molar-refractivity contribution in [3.05, 3.63) is 46.6 Å². The molecule has 2 heterocycles. The zero-order chi connectivity index (χ0) is 17.1. The molecule has 1 aliphatic rings. The molecule has 1 saturated heterocycles. The van der Waals surface area contributed by atoms with Gasteiger partial charge in [0.05, 0.1) is 0 Å². The highest BCUT2D eigenvalue weighted by Gasteiger charge is 2.21. The quantitative estimate of drug-likeness (QED) is 0.926. The van der Waals surface area contributed by atoms with E-state index in [9.17, 15) is 4.79 Å². The van der Waals surface area contributed by atoms with Crippen molar-refractivity contribution in [2.45, 2.75) is 6.92 Å². The van der Waals surface area contributed by atoms with Crippen molar-refractivity contribution < 1.29 is 4.79 Å². The molecule has 0 atom stereocenters. The highest BCUT2D eigenvalue weighted by molar-refractivity contribution is 6.30. The highest BCUT2D eigenvalue weighted by atomic mass is 35.5. The number of amides is 1. The van der Waals surface area contributed by atoms with Crippen molar-refractivity contribution in [1.29, 1.82) is 0 Å². The molecule has 1 amide bonds. The van der Waals surface area contributed by atoms with Crippen LogP contribution in [0.4, 0.5) is 11.5 Å². The molecule has 1 aromatic heterocycles. The Balaban J connectivity index is 1.68. The van der Waals surface area contributed by atoms with Gasteiger partial charge in [0.25, 0.3) is 5.91 Å². The van der Waals surface area contributed by atoms with E-state index >= 15 is 0 Å². The Morgan fingerprint density at radius 3 is 2.50 bits per heavy atom. The number of nitrogens with one attached hydrogen (secondary N) is 1. The maximum Gasteiger partial charge on any atom is 0.274 e. The normalized spacial score (nSPS) is 15.4. The number of rotatable bonds is 3. The second-order valence-electron chi connectivity index (χ2n) is 5.98. The van der Waals surface area contributed by atoms with Crippen molar-refractivity contribution in [3.8, 4) is 0 Å². The van der Waals surface area contributed by atoms with Gasteiger partial charge in [0, 0.05) is 36.9 Å². The number of aryl methyl sites for hydroxylation is 1. The van der Waals surface area contributed by atoms with E-state index in [0.717, 1.165) is 37.4 Å². The molecule has 126 valence electrons. The Hall–Kier alpha value is -2.18. The summed E-state index contributed by atoms with van der Waals surface area (Å²) in [6, 6.07) is 9.06. The number of halogens is 1.